The highest BCUT2D eigenvalue weighted by Crippen LogP contribution is 2.56. The third-order valence-corrected chi connectivity index (χ3v) is 7.48. The highest BCUT2D eigenvalue weighted by molar-refractivity contribution is 7.89. The summed E-state index contributed by atoms with van der Waals surface area (Å²) in [4.78, 5) is 0.219. The zero-order valence-corrected chi connectivity index (χ0v) is 13.1. The molecular formula is C14H15Cl2NO2S. The molecule has 108 valence electrons. The molecule has 2 bridgehead atoms. The van der Waals surface area contributed by atoms with Gasteiger partial charge in [-0.1, -0.05) is 23.2 Å². The van der Waals surface area contributed by atoms with Crippen molar-refractivity contribution in [3.8, 4) is 0 Å². The van der Waals surface area contributed by atoms with Crippen LogP contribution >= 0.6 is 23.2 Å². The number of rotatable bonds is 2. The summed E-state index contributed by atoms with van der Waals surface area (Å²) in [5, 5.41) is 0.724. The minimum absolute atomic E-state index is 0.219. The van der Waals surface area contributed by atoms with E-state index in [9.17, 15) is 8.42 Å². The minimum atomic E-state index is -3.46. The van der Waals surface area contributed by atoms with E-state index in [2.05, 4.69) is 0 Å². The first kappa shape index (κ1) is 13.4. The Labute approximate surface area is 128 Å². The van der Waals surface area contributed by atoms with Gasteiger partial charge < -0.3 is 0 Å². The number of hydrogen-bond acceptors (Lipinski definition) is 2. The number of halogens is 2. The molecule has 1 aromatic rings. The van der Waals surface area contributed by atoms with E-state index in [-0.39, 0.29) is 10.9 Å². The van der Waals surface area contributed by atoms with E-state index in [1.165, 1.54) is 31.4 Å². The molecule has 3 nitrogen and oxygen atoms in total. The quantitative estimate of drug-likeness (QED) is 0.832. The van der Waals surface area contributed by atoms with Crippen LogP contribution in [0.4, 0.5) is 0 Å². The molecule has 0 aromatic heterocycles. The van der Waals surface area contributed by atoms with Gasteiger partial charge in [0.1, 0.15) is 0 Å². The first-order valence-corrected chi connectivity index (χ1v) is 9.14. The average Bonchev–Trinajstić information content (AvgIpc) is 2.83. The summed E-state index contributed by atoms with van der Waals surface area (Å²) < 4.78 is 27.2. The van der Waals surface area contributed by atoms with E-state index >= 15 is 0 Å². The van der Waals surface area contributed by atoms with Crippen LogP contribution in [0.1, 0.15) is 19.3 Å². The maximum absolute atomic E-state index is 12.7. The van der Waals surface area contributed by atoms with Crippen molar-refractivity contribution in [1.82, 2.24) is 4.31 Å². The molecule has 2 aliphatic carbocycles. The van der Waals surface area contributed by atoms with Crippen LogP contribution in [0.2, 0.25) is 10.0 Å². The Bertz CT molecular complexity index is 654. The van der Waals surface area contributed by atoms with Crippen molar-refractivity contribution >= 4 is 33.2 Å². The molecule has 3 aliphatic rings. The smallest absolute Gasteiger partial charge is 0.207 e. The molecule has 2 saturated carbocycles. The predicted octanol–water partition coefficient (Wildman–Crippen LogP) is 3.41. The van der Waals surface area contributed by atoms with Crippen LogP contribution in [-0.4, -0.2) is 25.3 Å². The molecule has 1 saturated heterocycles. The van der Waals surface area contributed by atoms with Gasteiger partial charge in [-0.15, -0.1) is 0 Å². The lowest BCUT2D eigenvalue weighted by Gasteiger charge is -2.49. The fraction of sp³-hybridized carbons (Fsp3) is 0.571. The number of fused-ring (bicyclic) bond motifs is 5. The lowest BCUT2D eigenvalue weighted by Crippen LogP contribution is -2.60. The maximum atomic E-state index is 12.7. The third kappa shape index (κ3) is 1.78. The number of nitrogens with zero attached hydrogens (tertiary/aromatic N) is 1. The summed E-state index contributed by atoms with van der Waals surface area (Å²) in [5.41, 5.74) is 0. The number of benzene rings is 1. The normalized spacial score (nSPS) is 35.9. The molecule has 0 radical (unpaired) electrons. The topological polar surface area (TPSA) is 37.4 Å². The lowest BCUT2D eigenvalue weighted by atomic mass is 9.79. The molecule has 0 amide bonds. The van der Waals surface area contributed by atoms with Crippen LogP contribution < -0.4 is 0 Å². The second kappa shape index (κ2) is 4.35. The van der Waals surface area contributed by atoms with Crippen molar-refractivity contribution in [3.63, 3.8) is 0 Å². The Morgan fingerprint density at radius 1 is 1.05 bits per heavy atom. The Hall–Kier alpha value is -0.290. The molecule has 1 heterocycles. The summed E-state index contributed by atoms with van der Waals surface area (Å²) in [6.45, 7) is 0.665. The molecule has 0 spiro atoms. The number of sulfonamides is 1. The van der Waals surface area contributed by atoms with Gasteiger partial charge in [0.2, 0.25) is 10.0 Å². The molecule has 6 heteroatoms. The monoisotopic (exact) mass is 331 g/mol. The SMILES string of the molecule is O=S(=O)(c1cc(Cl)cc(Cl)c1)N1CC2C3CCC(C3)C21. The van der Waals surface area contributed by atoms with Gasteiger partial charge in [-0.05, 0) is 55.2 Å². The highest BCUT2D eigenvalue weighted by Gasteiger charge is 2.59. The molecule has 0 N–H and O–H groups in total. The van der Waals surface area contributed by atoms with Crippen LogP contribution in [0.5, 0.6) is 0 Å². The van der Waals surface area contributed by atoms with Crippen LogP contribution in [0.15, 0.2) is 23.1 Å². The van der Waals surface area contributed by atoms with Gasteiger partial charge in [0.25, 0.3) is 0 Å². The summed E-state index contributed by atoms with van der Waals surface area (Å²) >= 11 is 11.9. The average molecular weight is 332 g/mol. The fourth-order valence-corrected chi connectivity index (χ4v) is 6.84. The molecule has 4 rings (SSSR count). The summed E-state index contributed by atoms with van der Waals surface area (Å²) in [5.74, 6) is 1.89. The maximum Gasteiger partial charge on any atom is 0.243 e. The summed E-state index contributed by atoms with van der Waals surface area (Å²) in [6.07, 6.45) is 3.66. The molecule has 3 fully saturated rings. The predicted molar refractivity (Wildman–Crippen MR) is 78.5 cm³/mol. The molecule has 4 unspecified atom stereocenters. The molecule has 1 aliphatic heterocycles. The first-order chi connectivity index (χ1) is 9.46. The Kier molecular flexibility index (Phi) is 2.91. The molecule has 1 aromatic carbocycles. The fourth-order valence-electron chi connectivity index (χ4n) is 4.35. The van der Waals surface area contributed by atoms with Crippen LogP contribution in [0, 0.1) is 17.8 Å². The van der Waals surface area contributed by atoms with Gasteiger partial charge in [-0.25, -0.2) is 8.42 Å². The molecular weight excluding hydrogens is 317 g/mol. The van der Waals surface area contributed by atoms with Crippen molar-refractivity contribution in [2.45, 2.75) is 30.2 Å². The third-order valence-electron chi connectivity index (χ3n) is 5.21. The van der Waals surface area contributed by atoms with Gasteiger partial charge in [-0.2, -0.15) is 4.31 Å². The Balaban J connectivity index is 1.68. The summed E-state index contributed by atoms with van der Waals surface area (Å²) in [7, 11) is -3.46. The second-order valence-electron chi connectivity index (χ2n) is 6.17. The van der Waals surface area contributed by atoms with Crippen LogP contribution in [-0.2, 0) is 10.0 Å². The van der Waals surface area contributed by atoms with Gasteiger partial charge in [0.05, 0.1) is 4.90 Å². The van der Waals surface area contributed by atoms with Crippen molar-refractivity contribution in [2.75, 3.05) is 6.54 Å². The van der Waals surface area contributed by atoms with Crippen molar-refractivity contribution in [3.05, 3.63) is 28.2 Å². The van der Waals surface area contributed by atoms with Crippen LogP contribution in [0.25, 0.3) is 0 Å². The zero-order chi connectivity index (χ0) is 14.1. The largest absolute Gasteiger partial charge is 0.243 e. The van der Waals surface area contributed by atoms with E-state index in [1.54, 1.807) is 10.4 Å². The van der Waals surface area contributed by atoms with Gasteiger partial charge in [0, 0.05) is 22.6 Å². The van der Waals surface area contributed by atoms with E-state index in [0.717, 1.165) is 5.92 Å². The zero-order valence-electron chi connectivity index (χ0n) is 10.8. The Morgan fingerprint density at radius 2 is 1.70 bits per heavy atom. The van der Waals surface area contributed by atoms with Crippen LogP contribution in [0.3, 0.4) is 0 Å². The van der Waals surface area contributed by atoms with E-state index in [0.29, 0.717) is 28.4 Å². The van der Waals surface area contributed by atoms with Crippen molar-refractivity contribution in [1.29, 1.82) is 0 Å². The molecule has 20 heavy (non-hydrogen) atoms. The highest BCUT2D eigenvalue weighted by atomic mass is 35.5. The number of hydrogen-bond donors (Lipinski definition) is 0. The van der Waals surface area contributed by atoms with E-state index in [4.69, 9.17) is 23.2 Å². The van der Waals surface area contributed by atoms with Gasteiger partial charge in [0.15, 0.2) is 0 Å². The van der Waals surface area contributed by atoms with Gasteiger partial charge in [-0.3, -0.25) is 0 Å². The summed E-state index contributed by atoms with van der Waals surface area (Å²) in [6, 6.07) is 4.75. The lowest BCUT2D eigenvalue weighted by molar-refractivity contribution is 0.0507. The molecule has 4 atom stereocenters. The Morgan fingerprint density at radius 3 is 2.35 bits per heavy atom. The second-order valence-corrected chi connectivity index (χ2v) is 8.93. The minimum Gasteiger partial charge on any atom is -0.207 e. The van der Waals surface area contributed by atoms with Gasteiger partial charge >= 0.3 is 0 Å². The van der Waals surface area contributed by atoms with Crippen molar-refractivity contribution in [2.24, 2.45) is 17.8 Å². The first-order valence-electron chi connectivity index (χ1n) is 6.95. The standard InChI is InChI=1S/C14H15Cl2NO2S/c15-10-4-11(16)6-12(5-10)20(18,19)17-7-13-8-1-2-9(3-8)14(13)17/h4-6,8-9,13-14H,1-3,7H2. The van der Waals surface area contributed by atoms with E-state index < -0.39 is 10.0 Å². The van der Waals surface area contributed by atoms with Crippen molar-refractivity contribution < 1.29 is 8.42 Å². The van der Waals surface area contributed by atoms with E-state index in [1.807, 2.05) is 0 Å².